The molecule has 1 aliphatic heterocycles. The molecule has 176 valence electrons. The van der Waals surface area contributed by atoms with Gasteiger partial charge in [-0.05, 0) is 74.2 Å². The van der Waals surface area contributed by atoms with Crippen molar-refractivity contribution in [3.05, 3.63) is 77.3 Å². The first-order chi connectivity index (χ1) is 15.6. The van der Waals surface area contributed by atoms with Gasteiger partial charge in [-0.1, -0.05) is 30.3 Å². The molecule has 2 aromatic carbocycles. The summed E-state index contributed by atoms with van der Waals surface area (Å²) in [5.41, 5.74) is 0.983. The Bertz CT molecular complexity index is 1110. The van der Waals surface area contributed by atoms with E-state index in [2.05, 4.69) is 17.2 Å². The summed E-state index contributed by atoms with van der Waals surface area (Å²) in [7, 11) is -3.69. The van der Waals surface area contributed by atoms with Crippen LogP contribution in [-0.2, 0) is 21.2 Å². The summed E-state index contributed by atoms with van der Waals surface area (Å²) >= 11 is 5.87. The van der Waals surface area contributed by atoms with Crippen molar-refractivity contribution in [2.24, 2.45) is 0 Å². The van der Waals surface area contributed by atoms with Gasteiger partial charge in [0.2, 0.25) is 15.9 Å². The van der Waals surface area contributed by atoms with Gasteiger partial charge in [0.25, 0.3) is 5.91 Å². The molecule has 0 unspecified atom stereocenters. The van der Waals surface area contributed by atoms with Gasteiger partial charge in [0, 0.05) is 35.8 Å². The van der Waals surface area contributed by atoms with Crippen LogP contribution in [0, 0.1) is 0 Å². The van der Waals surface area contributed by atoms with Crippen LogP contribution >= 0.6 is 11.6 Å². The van der Waals surface area contributed by atoms with E-state index in [1.54, 1.807) is 12.1 Å². The zero-order valence-corrected chi connectivity index (χ0v) is 20.1. The van der Waals surface area contributed by atoms with Crippen molar-refractivity contribution in [1.29, 1.82) is 0 Å². The molecule has 2 N–H and O–H groups in total. The van der Waals surface area contributed by atoms with E-state index in [9.17, 15) is 18.0 Å². The standard InChI is InChI=1S/C24H28ClN3O4S/c1-3-22(29)27-24(2)13-16-28(17-14-24)33(31,32)21-10-6-19(7-11-21)23(30)26-15-12-18-4-8-20(25)9-5-18/h3-11H,1,12-17H2,2H3,(H,26,30)(H,27,29). The smallest absolute Gasteiger partial charge is 0.251 e. The van der Waals surface area contributed by atoms with Crippen LogP contribution in [0.4, 0.5) is 0 Å². The summed E-state index contributed by atoms with van der Waals surface area (Å²) < 4.78 is 27.5. The molecule has 0 bridgehead atoms. The van der Waals surface area contributed by atoms with Crippen LogP contribution in [0.15, 0.2) is 66.1 Å². The van der Waals surface area contributed by atoms with E-state index in [0.717, 1.165) is 5.56 Å². The van der Waals surface area contributed by atoms with E-state index >= 15 is 0 Å². The Kier molecular flexibility index (Phi) is 7.94. The summed E-state index contributed by atoms with van der Waals surface area (Å²) in [6, 6.07) is 13.4. The molecule has 2 amide bonds. The highest BCUT2D eigenvalue weighted by Crippen LogP contribution is 2.26. The number of nitrogens with one attached hydrogen (secondary N) is 2. The molecule has 7 nitrogen and oxygen atoms in total. The fourth-order valence-corrected chi connectivity index (χ4v) is 5.26. The predicted octanol–water partition coefficient (Wildman–Crippen LogP) is 3.16. The average Bonchev–Trinajstić information content (AvgIpc) is 2.80. The van der Waals surface area contributed by atoms with Crippen molar-refractivity contribution in [2.75, 3.05) is 19.6 Å². The van der Waals surface area contributed by atoms with E-state index in [0.29, 0.717) is 49.5 Å². The number of halogens is 1. The van der Waals surface area contributed by atoms with Gasteiger partial charge in [-0.25, -0.2) is 8.42 Å². The van der Waals surface area contributed by atoms with Gasteiger partial charge < -0.3 is 10.6 Å². The molecule has 0 aliphatic carbocycles. The summed E-state index contributed by atoms with van der Waals surface area (Å²) in [6.07, 6.45) is 2.88. The van der Waals surface area contributed by atoms with Crippen LogP contribution in [0.5, 0.6) is 0 Å². The highest BCUT2D eigenvalue weighted by atomic mass is 35.5. The number of carbonyl (C=O) groups excluding carboxylic acids is 2. The Hall–Kier alpha value is -2.68. The zero-order valence-electron chi connectivity index (χ0n) is 18.5. The van der Waals surface area contributed by atoms with Crippen molar-refractivity contribution < 1.29 is 18.0 Å². The first-order valence-corrected chi connectivity index (χ1v) is 12.5. The van der Waals surface area contributed by atoms with Gasteiger partial charge in [-0.3, -0.25) is 9.59 Å². The highest BCUT2D eigenvalue weighted by Gasteiger charge is 2.36. The highest BCUT2D eigenvalue weighted by molar-refractivity contribution is 7.89. The Morgan fingerprint density at radius 2 is 1.70 bits per heavy atom. The lowest BCUT2D eigenvalue weighted by molar-refractivity contribution is -0.118. The second-order valence-corrected chi connectivity index (χ2v) is 10.7. The Balaban J connectivity index is 1.56. The fourth-order valence-electron chi connectivity index (χ4n) is 3.69. The van der Waals surface area contributed by atoms with Crippen LogP contribution in [-0.4, -0.2) is 49.7 Å². The van der Waals surface area contributed by atoms with Gasteiger partial charge in [-0.2, -0.15) is 4.31 Å². The molecule has 3 rings (SSSR count). The maximum Gasteiger partial charge on any atom is 0.251 e. The van der Waals surface area contributed by atoms with Crippen LogP contribution in [0.3, 0.4) is 0 Å². The lowest BCUT2D eigenvalue weighted by Crippen LogP contribution is -2.53. The van der Waals surface area contributed by atoms with Crippen molar-refractivity contribution in [2.45, 2.75) is 36.6 Å². The lowest BCUT2D eigenvalue weighted by Gasteiger charge is -2.39. The maximum atomic E-state index is 13.0. The van der Waals surface area contributed by atoms with Crippen LogP contribution in [0.25, 0.3) is 0 Å². The summed E-state index contributed by atoms with van der Waals surface area (Å²) in [4.78, 5) is 24.2. The second-order valence-electron chi connectivity index (χ2n) is 8.31. The van der Waals surface area contributed by atoms with Crippen LogP contribution < -0.4 is 10.6 Å². The fraction of sp³-hybridized carbons (Fsp3) is 0.333. The van der Waals surface area contributed by atoms with Crippen LogP contribution in [0.1, 0.15) is 35.7 Å². The third-order valence-electron chi connectivity index (χ3n) is 5.80. The van der Waals surface area contributed by atoms with E-state index in [1.807, 2.05) is 19.1 Å². The number of hydrogen-bond donors (Lipinski definition) is 2. The zero-order chi connectivity index (χ0) is 24.1. The molecular weight excluding hydrogens is 462 g/mol. The Morgan fingerprint density at radius 3 is 2.27 bits per heavy atom. The number of piperidine rings is 1. The lowest BCUT2D eigenvalue weighted by atomic mass is 9.90. The average molecular weight is 490 g/mol. The topological polar surface area (TPSA) is 95.6 Å². The number of benzene rings is 2. The number of amides is 2. The van der Waals surface area contributed by atoms with Gasteiger partial charge in [0.15, 0.2) is 0 Å². The van der Waals surface area contributed by atoms with E-state index in [-0.39, 0.29) is 16.7 Å². The molecule has 1 aliphatic rings. The van der Waals surface area contributed by atoms with Gasteiger partial charge >= 0.3 is 0 Å². The summed E-state index contributed by atoms with van der Waals surface area (Å²) in [5, 5.41) is 6.38. The third kappa shape index (κ3) is 6.43. The van der Waals surface area contributed by atoms with Crippen molar-refractivity contribution in [3.63, 3.8) is 0 Å². The first-order valence-electron chi connectivity index (χ1n) is 10.7. The Labute approximate surface area is 199 Å². The molecule has 33 heavy (non-hydrogen) atoms. The predicted molar refractivity (Wildman–Crippen MR) is 129 cm³/mol. The van der Waals surface area contributed by atoms with Crippen molar-refractivity contribution >= 4 is 33.4 Å². The minimum Gasteiger partial charge on any atom is -0.352 e. The van der Waals surface area contributed by atoms with Gasteiger partial charge in [-0.15, -0.1) is 0 Å². The second kappa shape index (κ2) is 10.5. The molecule has 1 fully saturated rings. The summed E-state index contributed by atoms with van der Waals surface area (Å²) in [5.74, 6) is -0.532. The van der Waals surface area contributed by atoms with E-state index in [1.165, 1.54) is 34.6 Å². The number of sulfonamides is 1. The monoisotopic (exact) mass is 489 g/mol. The molecule has 9 heteroatoms. The number of carbonyl (C=O) groups is 2. The van der Waals surface area contributed by atoms with Crippen molar-refractivity contribution in [1.82, 2.24) is 14.9 Å². The molecule has 1 heterocycles. The number of hydrogen-bond acceptors (Lipinski definition) is 4. The molecule has 0 spiro atoms. The molecule has 0 aromatic heterocycles. The minimum atomic E-state index is -3.69. The van der Waals surface area contributed by atoms with E-state index in [4.69, 9.17) is 11.6 Å². The van der Waals surface area contributed by atoms with E-state index < -0.39 is 15.6 Å². The number of rotatable bonds is 8. The molecule has 0 saturated carbocycles. The Morgan fingerprint density at radius 1 is 1.09 bits per heavy atom. The molecular formula is C24H28ClN3O4S. The first kappa shape index (κ1) is 25.0. The SMILES string of the molecule is C=CC(=O)NC1(C)CCN(S(=O)(=O)c2ccc(C(=O)NCCc3ccc(Cl)cc3)cc2)CC1. The third-order valence-corrected chi connectivity index (χ3v) is 7.97. The molecule has 0 atom stereocenters. The number of nitrogens with zero attached hydrogens (tertiary/aromatic N) is 1. The molecule has 1 saturated heterocycles. The summed E-state index contributed by atoms with van der Waals surface area (Å²) in [6.45, 7) is 6.40. The maximum absolute atomic E-state index is 13.0. The van der Waals surface area contributed by atoms with Gasteiger partial charge in [0.05, 0.1) is 4.90 Å². The molecule has 2 aromatic rings. The normalized spacial score (nSPS) is 16.1. The molecule has 0 radical (unpaired) electrons. The quantitative estimate of drug-likeness (QED) is 0.557. The largest absolute Gasteiger partial charge is 0.352 e. The minimum absolute atomic E-state index is 0.138. The van der Waals surface area contributed by atoms with Crippen molar-refractivity contribution in [3.8, 4) is 0 Å². The van der Waals surface area contributed by atoms with Crippen LogP contribution in [0.2, 0.25) is 5.02 Å². The van der Waals surface area contributed by atoms with Gasteiger partial charge in [0.1, 0.15) is 0 Å².